The second-order valence-electron chi connectivity index (χ2n) is 8.02. The van der Waals surface area contributed by atoms with Crippen LogP contribution in [0.3, 0.4) is 0 Å². The molecule has 2 aliphatic rings. The summed E-state index contributed by atoms with van der Waals surface area (Å²) in [6.45, 7) is 1.53. The fourth-order valence-corrected chi connectivity index (χ4v) is 4.73. The summed E-state index contributed by atoms with van der Waals surface area (Å²) in [6, 6.07) is 13.9. The van der Waals surface area contributed by atoms with Crippen LogP contribution in [0.1, 0.15) is 53.3 Å². The lowest BCUT2D eigenvalue weighted by Crippen LogP contribution is -2.56. The molecule has 6 nitrogen and oxygen atoms in total. The lowest BCUT2D eigenvalue weighted by Gasteiger charge is -2.35. The number of ketones is 1. The van der Waals surface area contributed by atoms with Gasteiger partial charge in [-0.1, -0.05) is 66.9 Å². The number of rotatable bonds is 5. The number of fused-ring (bicyclic) bond motifs is 1. The van der Waals surface area contributed by atoms with E-state index in [0.29, 0.717) is 18.4 Å². The van der Waals surface area contributed by atoms with E-state index in [0.717, 1.165) is 22.9 Å². The molecule has 3 atom stereocenters. The number of nitrogens with zero attached hydrogens (tertiary/aromatic N) is 2. The molecule has 1 aliphatic heterocycles. The summed E-state index contributed by atoms with van der Waals surface area (Å²) in [7, 11) is 0. The Hall–Kier alpha value is -2.99. The van der Waals surface area contributed by atoms with Gasteiger partial charge in [0.1, 0.15) is 6.04 Å². The van der Waals surface area contributed by atoms with Crippen molar-refractivity contribution >= 4 is 35.1 Å². The standard InChI is InChI=1S/C24H23ClN2O4/c1-15(21(28)16-9-3-2-4-10-16)26(24(31)19-13-7-8-14-20(19)25)27-22(29)17-11-5-6-12-18(17)23(27)30/h2-4,7-10,13-15,17-18H,5-6,11-12H2,1H3/t15-,17+,18+/m1/s1. The minimum absolute atomic E-state index is 0.132. The zero-order valence-electron chi connectivity index (χ0n) is 17.2. The van der Waals surface area contributed by atoms with Gasteiger partial charge in [-0.3, -0.25) is 19.2 Å². The molecule has 0 aromatic heterocycles. The Kier molecular flexibility index (Phi) is 5.92. The highest BCUT2D eigenvalue weighted by Gasteiger charge is 2.53. The summed E-state index contributed by atoms with van der Waals surface area (Å²) in [5.41, 5.74) is 0.524. The zero-order valence-corrected chi connectivity index (χ0v) is 17.9. The van der Waals surface area contributed by atoms with Gasteiger partial charge < -0.3 is 0 Å². The minimum Gasteiger partial charge on any atom is -0.292 e. The topological polar surface area (TPSA) is 74.8 Å². The lowest BCUT2D eigenvalue weighted by molar-refractivity contribution is -0.156. The van der Waals surface area contributed by atoms with Gasteiger partial charge in [-0.15, -0.1) is 0 Å². The van der Waals surface area contributed by atoms with E-state index in [9.17, 15) is 19.2 Å². The fourth-order valence-electron chi connectivity index (χ4n) is 4.51. The van der Waals surface area contributed by atoms with E-state index in [4.69, 9.17) is 11.6 Å². The number of carbonyl (C=O) groups excluding carboxylic acids is 4. The molecule has 0 spiro atoms. The van der Waals surface area contributed by atoms with Crippen LogP contribution in [0, 0.1) is 11.8 Å². The van der Waals surface area contributed by atoms with Crippen molar-refractivity contribution in [1.29, 1.82) is 0 Å². The molecular weight excluding hydrogens is 416 g/mol. The molecule has 1 saturated heterocycles. The number of amides is 3. The van der Waals surface area contributed by atoms with Crippen LogP contribution in [-0.4, -0.2) is 39.6 Å². The number of hydrazine groups is 1. The van der Waals surface area contributed by atoms with Gasteiger partial charge in [-0.2, -0.15) is 5.01 Å². The monoisotopic (exact) mass is 438 g/mol. The Balaban J connectivity index is 1.77. The second-order valence-corrected chi connectivity index (χ2v) is 8.43. The van der Waals surface area contributed by atoms with Gasteiger partial charge in [-0.25, -0.2) is 5.01 Å². The van der Waals surface area contributed by atoms with Crippen molar-refractivity contribution in [2.45, 2.75) is 38.6 Å². The van der Waals surface area contributed by atoms with Gasteiger partial charge in [0.25, 0.3) is 17.7 Å². The largest absolute Gasteiger partial charge is 0.292 e. The molecule has 1 aliphatic carbocycles. The molecule has 160 valence electrons. The zero-order chi connectivity index (χ0) is 22.1. The van der Waals surface area contributed by atoms with Crippen molar-refractivity contribution in [2.24, 2.45) is 11.8 Å². The predicted octanol–water partition coefficient (Wildman–Crippen LogP) is 4.14. The van der Waals surface area contributed by atoms with E-state index >= 15 is 0 Å². The van der Waals surface area contributed by atoms with Crippen LogP contribution in [0.25, 0.3) is 0 Å². The Bertz CT molecular complexity index is 1010. The molecule has 0 bridgehead atoms. The van der Waals surface area contributed by atoms with Crippen molar-refractivity contribution in [3.05, 3.63) is 70.7 Å². The lowest BCUT2D eigenvalue weighted by atomic mass is 9.81. The summed E-state index contributed by atoms with van der Waals surface area (Å²) in [5.74, 6) is -2.73. The summed E-state index contributed by atoms with van der Waals surface area (Å²) in [6.07, 6.45) is 2.96. The van der Waals surface area contributed by atoms with Crippen LogP contribution in [-0.2, 0) is 9.59 Å². The van der Waals surface area contributed by atoms with E-state index in [-0.39, 0.29) is 16.4 Å². The number of hydrogen-bond donors (Lipinski definition) is 0. The van der Waals surface area contributed by atoms with Gasteiger partial charge >= 0.3 is 0 Å². The number of Topliss-reactive ketones (excluding diaryl/α,β-unsaturated/α-hetero) is 1. The second kappa shape index (κ2) is 8.63. The summed E-state index contributed by atoms with van der Waals surface area (Å²) in [4.78, 5) is 53.3. The van der Waals surface area contributed by atoms with Crippen LogP contribution in [0.15, 0.2) is 54.6 Å². The smallest absolute Gasteiger partial charge is 0.275 e. The van der Waals surface area contributed by atoms with Crippen LogP contribution in [0.5, 0.6) is 0 Å². The van der Waals surface area contributed by atoms with Crippen molar-refractivity contribution in [3.63, 3.8) is 0 Å². The van der Waals surface area contributed by atoms with Crippen LogP contribution in [0.4, 0.5) is 0 Å². The van der Waals surface area contributed by atoms with E-state index < -0.39 is 35.6 Å². The SMILES string of the molecule is C[C@H](C(=O)c1ccccc1)N(C(=O)c1ccccc1Cl)N1C(=O)[C@H]2CCCC[C@@H]2C1=O. The molecule has 2 aromatic rings. The molecular formula is C24H23ClN2O4. The quantitative estimate of drug-likeness (QED) is 0.519. The molecule has 0 N–H and O–H groups in total. The van der Waals surface area contributed by atoms with Gasteiger partial charge in [0, 0.05) is 5.56 Å². The van der Waals surface area contributed by atoms with Crippen LogP contribution >= 0.6 is 11.6 Å². The fraction of sp³-hybridized carbons (Fsp3) is 0.333. The first kappa shape index (κ1) is 21.2. The molecule has 7 heteroatoms. The Morgan fingerprint density at radius 2 is 1.48 bits per heavy atom. The average molecular weight is 439 g/mol. The first-order valence-electron chi connectivity index (χ1n) is 10.5. The minimum atomic E-state index is -1.07. The van der Waals surface area contributed by atoms with Crippen molar-refractivity contribution in [1.82, 2.24) is 10.0 Å². The van der Waals surface area contributed by atoms with Crippen molar-refractivity contribution in [3.8, 4) is 0 Å². The third-order valence-corrected chi connectivity index (χ3v) is 6.48. The number of imide groups is 1. The van der Waals surface area contributed by atoms with E-state index in [2.05, 4.69) is 0 Å². The maximum absolute atomic E-state index is 13.6. The molecule has 2 fully saturated rings. The van der Waals surface area contributed by atoms with E-state index in [1.807, 2.05) is 0 Å². The first-order chi connectivity index (χ1) is 14.9. The molecule has 1 saturated carbocycles. The van der Waals surface area contributed by atoms with Crippen molar-refractivity contribution in [2.75, 3.05) is 0 Å². The van der Waals surface area contributed by atoms with Gasteiger partial charge in [0.05, 0.1) is 22.4 Å². The number of benzene rings is 2. The average Bonchev–Trinajstić information content (AvgIpc) is 3.05. The molecule has 0 unspecified atom stereocenters. The van der Waals surface area contributed by atoms with E-state index in [1.165, 1.54) is 13.0 Å². The third-order valence-electron chi connectivity index (χ3n) is 6.15. The number of hydrogen-bond acceptors (Lipinski definition) is 4. The van der Waals surface area contributed by atoms with Crippen molar-refractivity contribution < 1.29 is 19.2 Å². The highest BCUT2D eigenvalue weighted by atomic mass is 35.5. The summed E-state index contributed by atoms with van der Waals surface area (Å²) >= 11 is 6.25. The highest BCUT2D eigenvalue weighted by molar-refractivity contribution is 6.34. The van der Waals surface area contributed by atoms with Gasteiger partial charge in [0.15, 0.2) is 5.78 Å². The molecule has 3 amide bonds. The van der Waals surface area contributed by atoms with Crippen LogP contribution < -0.4 is 0 Å². The maximum Gasteiger partial charge on any atom is 0.275 e. The van der Waals surface area contributed by atoms with E-state index in [1.54, 1.807) is 48.5 Å². The Morgan fingerprint density at radius 3 is 2.06 bits per heavy atom. The number of carbonyl (C=O) groups is 4. The normalized spacial score (nSPS) is 21.5. The summed E-state index contributed by atoms with van der Waals surface area (Å²) < 4.78 is 0. The van der Waals surface area contributed by atoms with Gasteiger partial charge in [0.2, 0.25) is 0 Å². The first-order valence-corrected chi connectivity index (χ1v) is 10.8. The molecule has 0 radical (unpaired) electrons. The third kappa shape index (κ3) is 3.76. The molecule has 1 heterocycles. The Morgan fingerprint density at radius 1 is 0.935 bits per heavy atom. The molecule has 4 rings (SSSR count). The van der Waals surface area contributed by atoms with Gasteiger partial charge in [-0.05, 0) is 31.9 Å². The Labute approximate surface area is 185 Å². The van der Waals surface area contributed by atoms with Crippen LogP contribution in [0.2, 0.25) is 5.02 Å². The maximum atomic E-state index is 13.6. The molecule has 31 heavy (non-hydrogen) atoms. The summed E-state index contributed by atoms with van der Waals surface area (Å²) in [5, 5.41) is 2.12. The number of halogens is 1. The highest BCUT2D eigenvalue weighted by Crippen LogP contribution is 2.39. The molecule has 2 aromatic carbocycles. The predicted molar refractivity (Wildman–Crippen MR) is 115 cm³/mol.